The maximum Gasteiger partial charge on any atom is 0.312 e. The third-order valence-electron chi connectivity index (χ3n) is 2.37. The van der Waals surface area contributed by atoms with Crippen LogP contribution in [-0.4, -0.2) is 13.1 Å². The molecule has 0 heterocycles. The van der Waals surface area contributed by atoms with Crippen LogP contribution in [0, 0.1) is 16.7 Å². The summed E-state index contributed by atoms with van der Waals surface area (Å²) in [7, 11) is 1.57. The Hall–Kier alpha value is -2.02. The minimum atomic E-state index is -0.886. The second-order valence-corrected chi connectivity index (χ2v) is 4.94. The summed E-state index contributed by atoms with van der Waals surface area (Å²) in [6.45, 7) is 5.24. The van der Waals surface area contributed by atoms with E-state index in [0.717, 1.165) is 0 Å². The Morgan fingerprint density at radius 1 is 1.28 bits per heavy atom. The lowest BCUT2D eigenvalue weighted by Gasteiger charge is -2.19. The highest BCUT2D eigenvalue weighted by molar-refractivity contribution is 5.75. The van der Waals surface area contributed by atoms with Gasteiger partial charge in [-0.3, -0.25) is 4.79 Å². The molecule has 96 valence electrons. The van der Waals surface area contributed by atoms with Crippen molar-refractivity contribution >= 4 is 5.97 Å². The van der Waals surface area contributed by atoms with Crippen molar-refractivity contribution in [2.24, 2.45) is 5.41 Å². The van der Waals surface area contributed by atoms with Gasteiger partial charge in [-0.1, -0.05) is 12.1 Å². The summed E-state index contributed by atoms with van der Waals surface area (Å²) in [5.41, 5.74) is 0.0117. The molecule has 0 N–H and O–H groups in total. The maximum absolute atomic E-state index is 11.7. The first-order chi connectivity index (χ1) is 8.38. The number of methoxy groups -OCH3 is 1. The topological polar surface area (TPSA) is 59.3 Å². The van der Waals surface area contributed by atoms with Crippen LogP contribution in [0.4, 0.5) is 0 Å². The molecular formula is C14H17NO3. The number of carbonyl (C=O) groups is 1. The lowest BCUT2D eigenvalue weighted by atomic mass is 9.97. The zero-order chi connectivity index (χ0) is 13.8. The average molecular weight is 247 g/mol. The molecule has 0 fully saturated rings. The van der Waals surface area contributed by atoms with Crippen LogP contribution in [0.25, 0.3) is 0 Å². The van der Waals surface area contributed by atoms with E-state index in [-0.39, 0.29) is 0 Å². The highest BCUT2D eigenvalue weighted by atomic mass is 16.5. The van der Waals surface area contributed by atoms with Crippen molar-refractivity contribution < 1.29 is 14.3 Å². The molecule has 4 heteroatoms. The van der Waals surface area contributed by atoms with Crippen molar-refractivity contribution in [1.29, 1.82) is 5.26 Å². The van der Waals surface area contributed by atoms with Crippen LogP contribution >= 0.6 is 0 Å². The van der Waals surface area contributed by atoms with Gasteiger partial charge in [-0.05, 0) is 32.9 Å². The Bertz CT molecular complexity index is 451. The van der Waals surface area contributed by atoms with Gasteiger partial charge in [-0.2, -0.15) is 5.26 Å². The third kappa shape index (κ3) is 3.49. The van der Waals surface area contributed by atoms with Gasteiger partial charge in [0.05, 0.1) is 12.5 Å². The van der Waals surface area contributed by atoms with Crippen LogP contribution in [0.2, 0.25) is 0 Å². The van der Waals surface area contributed by atoms with E-state index in [1.807, 2.05) is 6.07 Å². The summed E-state index contributed by atoms with van der Waals surface area (Å²) in [6, 6.07) is 8.85. The molecule has 0 radical (unpaired) electrons. The van der Waals surface area contributed by atoms with Crippen molar-refractivity contribution in [2.75, 3.05) is 7.11 Å². The van der Waals surface area contributed by atoms with Crippen molar-refractivity contribution in [3.63, 3.8) is 0 Å². The molecule has 0 saturated carbocycles. The quantitative estimate of drug-likeness (QED) is 0.770. The van der Waals surface area contributed by atoms with Crippen molar-refractivity contribution in [1.82, 2.24) is 0 Å². The number of nitrogens with zero attached hydrogens (tertiary/aromatic N) is 1. The summed E-state index contributed by atoms with van der Waals surface area (Å²) >= 11 is 0. The van der Waals surface area contributed by atoms with Gasteiger partial charge in [0.15, 0.2) is 0 Å². The lowest BCUT2D eigenvalue weighted by molar-refractivity contribution is -0.156. The fourth-order valence-corrected chi connectivity index (χ4v) is 1.23. The largest absolute Gasteiger partial charge is 0.497 e. The molecule has 0 aliphatic heterocycles. The Balaban J connectivity index is 2.84. The molecule has 1 aromatic carbocycles. The normalized spacial score (nSPS) is 12.4. The number of ether oxygens (including phenoxy) is 2. The minimum Gasteiger partial charge on any atom is -0.497 e. The summed E-state index contributed by atoms with van der Waals surface area (Å²) in [6.07, 6.45) is -0.886. The first-order valence-corrected chi connectivity index (χ1v) is 5.63. The van der Waals surface area contributed by atoms with Gasteiger partial charge in [0.2, 0.25) is 6.10 Å². The fourth-order valence-electron chi connectivity index (χ4n) is 1.23. The van der Waals surface area contributed by atoms with E-state index in [9.17, 15) is 4.79 Å². The molecule has 1 atom stereocenters. The van der Waals surface area contributed by atoms with E-state index in [1.165, 1.54) is 0 Å². The van der Waals surface area contributed by atoms with Gasteiger partial charge < -0.3 is 9.47 Å². The Morgan fingerprint density at radius 2 is 1.83 bits per heavy atom. The van der Waals surface area contributed by atoms with E-state index in [1.54, 1.807) is 52.1 Å². The number of carbonyl (C=O) groups excluding carboxylic acids is 1. The number of rotatable bonds is 3. The predicted octanol–water partition coefficient (Wildman–Crippen LogP) is 2.85. The van der Waals surface area contributed by atoms with Gasteiger partial charge in [0.1, 0.15) is 11.8 Å². The summed E-state index contributed by atoms with van der Waals surface area (Å²) in [5, 5.41) is 9.06. The van der Waals surface area contributed by atoms with E-state index in [0.29, 0.717) is 11.3 Å². The van der Waals surface area contributed by atoms with Gasteiger partial charge in [-0.15, -0.1) is 0 Å². The first kappa shape index (κ1) is 14.0. The second kappa shape index (κ2) is 5.54. The molecule has 1 rings (SSSR count). The average Bonchev–Trinajstić information content (AvgIpc) is 2.34. The summed E-state index contributed by atoms with van der Waals surface area (Å²) in [5.74, 6) is 0.294. The number of hydrogen-bond donors (Lipinski definition) is 0. The SMILES string of the molecule is COc1ccc([C@@H](C#N)OC(=O)C(C)(C)C)cc1. The van der Waals surface area contributed by atoms with Crippen LogP contribution in [0.1, 0.15) is 32.4 Å². The van der Waals surface area contributed by atoms with Gasteiger partial charge >= 0.3 is 5.97 Å². The molecule has 0 aromatic heterocycles. The maximum atomic E-state index is 11.7. The lowest BCUT2D eigenvalue weighted by Crippen LogP contribution is -2.24. The van der Waals surface area contributed by atoms with Gasteiger partial charge in [-0.25, -0.2) is 0 Å². The van der Waals surface area contributed by atoms with E-state index in [2.05, 4.69) is 0 Å². The Morgan fingerprint density at radius 3 is 2.22 bits per heavy atom. The van der Waals surface area contributed by atoms with Crippen molar-refractivity contribution in [3.05, 3.63) is 29.8 Å². The van der Waals surface area contributed by atoms with Gasteiger partial charge in [0.25, 0.3) is 0 Å². The molecule has 18 heavy (non-hydrogen) atoms. The predicted molar refractivity (Wildman–Crippen MR) is 66.9 cm³/mol. The standard InChI is InChI=1S/C14H17NO3/c1-14(2,3)13(16)18-12(9-15)10-5-7-11(17-4)8-6-10/h5-8,12H,1-4H3/t12-/m1/s1. The number of esters is 1. The van der Waals surface area contributed by atoms with E-state index < -0.39 is 17.5 Å². The smallest absolute Gasteiger partial charge is 0.312 e. The monoisotopic (exact) mass is 247 g/mol. The molecule has 0 aliphatic carbocycles. The Labute approximate surface area is 107 Å². The van der Waals surface area contributed by atoms with E-state index >= 15 is 0 Å². The second-order valence-electron chi connectivity index (χ2n) is 4.94. The molecule has 1 aromatic rings. The fraction of sp³-hybridized carbons (Fsp3) is 0.429. The van der Waals surface area contributed by atoms with Crippen molar-refractivity contribution in [2.45, 2.75) is 26.9 Å². The zero-order valence-electron chi connectivity index (χ0n) is 11.1. The number of nitriles is 1. The molecule has 0 unspecified atom stereocenters. The van der Waals surface area contributed by atoms with E-state index in [4.69, 9.17) is 14.7 Å². The van der Waals surface area contributed by atoms with Crippen LogP contribution in [0.3, 0.4) is 0 Å². The molecule has 0 saturated heterocycles. The molecule has 4 nitrogen and oxygen atoms in total. The molecule has 0 spiro atoms. The van der Waals surface area contributed by atoms with Crippen molar-refractivity contribution in [3.8, 4) is 11.8 Å². The van der Waals surface area contributed by atoms with Crippen LogP contribution in [-0.2, 0) is 9.53 Å². The highest BCUT2D eigenvalue weighted by Crippen LogP contribution is 2.24. The molecule has 0 bridgehead atoms. The Kier molecular flexibility index (Phi) is 4.33. The summed E-state index contributed by atoms with van der Waals surface area (Å²) in [4.78, 5) is 11.7. The van der Waals surface area contributed by atoms with Crippen LogP contribution < -0.4 is 4.74 Å². The van der Waals surface area contributed by atoms with Crippen LogP contribution in [0.5, 0.6) is 5.75 Å². The summed E-state index contributed by atoms with van der Waals surface area (Å²) < 4.78 is 10.2. The molecule has 0 amide bonds. The third-order valence-corrected chi connectivity index (χ3v) is 2.37. The zero-order valence-corrected chi connectivity index (χ0v) is 11.1. The van der Waals surface area contributed by atoms with Gasteiger partial charge in [0, 0.05) is 5.56 Å². The first-order valence-electron chi connectivity index (χ1n) is 5.63. The molecular weight excluding hydrogens is 230 g/mol. The van der Waals surface area contributed by atoms with Crippen LogP contribution in [0.15, 0.2) is 24.3 Å². The minimum absolute atomic E-state index is 0.398. The highest BCUT2D eigenvalue weighted by Gasteiger charge is 2.27. The molecule has 0 aliphatic rings. The number of benzene rings is 1. The number of hydrogen-bond acceptors (Lipinski definition) is 4.